The molecule has 2 amide bonds. The third kappa shape index (κ3) is 8.66. The van der Waals surface area contributed by atoms with E-state index in [0.717, 1.165) is 5.56 Å². The number of anilines is 1. The van der Waals surface area contributed by atoms with Gasteiger partial charge in [-0.1, -0.05) is 78.9 Å². The maximum Gasteiger partial charge on any atom is 1.00 e. The molecule has 2 N–H and O–H groups in total. The Hall–Kier alpha value is -4.30. The number of amides is 2. The van der Waals surface area contributed by atoms with E-state index < -0.39 is 18.5 Å². The molecule has 0 bridgehead atoms. The van der Waals surface area contributed by atoms with Crippen LogP contribution in [0.25, 0.3) is 11.1 Å². The summed E-state index contributed by atoms with van der Waals surface area (Å²) in [5, 5.41) is 21.3. The Morgan fingerprint density at radius 1 is 0.822 bits per heavy atom. The average Bonchev–Trinajstić information content (AvgIpc) is 3.06. The van der Waals surface area contributed by atoms with E-state index in [1.54, 1.807) is 35.2 Å². The molecule has 1 saturated heterocycles. The predicted octanol–water partition coefficient (Wildman–Crippen LogP) is 1.93. The topological polar surface area (TPSA) is 123 Å². The van der Waals surface area contributed by atoms with Crippen molar-refractivity contribution in [2.45, 2.75) is 6.04 Å². The van der Waals surface area contributed by atoms with Crippen molar-refractivity contribution in [2.75, 3.05) is 44.7 Å². The van der Waals surface area contributed by atoms with Crippen molar-refractivity contribution in [1.82, 2.24) is 9.80 Å². The molecule has 5 rings (SSSR count). The Balaban J connectivity index is 0.00000288. The van der Waals surface area contributed by atoms with E-state index >= 15 is 0 Å². The van der Waals surface area contributed by atoms with Gasteiger partial charge in [-0.25, -0.2) is 4.79 Å². The minimum atomic E-state index is -1.20. The van der Waals surface area contributed by atoms with Crippen LogP contribution in [0.3, 0.4) is 0 Å². The van der Waals surface area contributed by atoms with E-state index in [1.807, 2.05) is 42.5 Å². The van der Waals surface area contributed by atoms with Gasteiger partial charge in [-0.05, 0) is 46.5 Å². The van der Waals surface area contributed by atoms with Crippen molar-refractivity contribution in [3.05, 3.63) is 125 Å². The Morgan fingerprint density at radius 3 is 1.96 bits per heavy atom. The summed E-state index contributed by atoms with van der Waals surface area (Å²) in [6, 6.07) is 34.2. The van der Waals surface area contributed by atoms with Crippen LogP contribution in [0, 0.1) is 11.3 Å². The Bertz CT molecular complexity index is 1620. The van der Waals surface area contributed by atoms with Gasteiger partial charge < -0.3 is 21.5 Å². The minimum absolute atomic E-state index is 0. The first-order chi connectivity index (χ1) is 21.4. The number of ether oxygens (including phenoxy) is 1. The molecule has 1 aliphatic rings. The van der Waals surface area contributed by atoms with Crippen molar-refractivity contribution in [1.29, 1.82) is 5.26 Å². The number of hydrogen-bond acceptors (Lipinski definition) is 6. The molecule has 4 aromatic carbocycles. The standard InChI is InChI=1S/C35H32N4O5.Na.H/c36-22-25-11-13-26(14-12-25)29-15-16-31(30(21-29)35(42)43)37-32(40)23-44-24-33(41)38-17-19-39(20-18-38)34(27-7-3-1-4-8-27)28-9-5-2-6-10-28;;/h1-16,21,34H,17-20,23-24H2,(H,37,40)(H,42,43);;/q;+1;-1. The summed E-state index contributed by atoms with van der Waals surface area (Å²) in [5.41, 5.74) is 4.30. The van der Waals surface area contributed by atoms with Gasteiger partial charge in [0.1, 0.15) is 13.2 Å². The molecule has 1 aliphatic heterocycles. The largest absolute Gasteiger partial charge is 1.00 e. The van der Waals surface area contributed by atoms with Crippen molar-refractivity contribution < 1.29 is 55.2 Å². The number of carbonyl (C=O) groups is 3. The van der Waals surface area contributed by atoms with Gasteiger partial charge in [0, 0.05) is 26.2 Å². The minimum Gasteiger partial charge on any atom is -1.00 e. The SMILES string of the molecule is N#Cc1ccc(-c2ccc(NC(=O)COCC(=O)N3CCN(C(c4ccccc4)c4ccccc4)CC3)c(C(=O)O)c2)cc1.[H-].[Na+]. The number of aromatic carboxylic acids is 1. The second-order valence-electron chi connectivity index (χ2n) is 10.4. The van der Waals surface area contributed by atoms with Crippen LogP contribution in [0.5, 0.6) is 0 Å². The zero-order valence-corrected chi connectivity index (χ0v) is 27.1. The third-order valence-corrected chi connectivity index (χ3v) is 7.59. The van der Waals surface area contributed by atoms with E-state index in [9.17, 15) is 19.5 Å². The molecule has 0 aliphatic carbocycles. The fraction of sp³-hybridized carbons (Fsp3) is 0.200. The number of nitrogens with one attached hydrogen (secondary N) is 1. The van der Waals surface area contributed by atoms with Gasteiger partial charge in [-0.15, -0.1) is 0 Å². The molecule has 0 atom stereocenters. The maximum atomic E-state index is 12.9. The van der Waals surface area contributed by atoms with Crippen LogP contribution in [0.2, 0.25) is 0 Å². The summed E-state index contributed by atoms with van der Waals surface area (Å²) in [6.07, 6.45) is 0. The van der Waals surface area contributed by atoms with Crippen LogP contribution in [-0.4, -0.2) is 72.1 Å². The van der Waals surface area contributed by atoms with Gasteiger partial charge >= 0.3 is 35.5 Å². The summed E-state index contributed by atoms with van der Waals surface area (Å²) in [4.78, 5) is 41.5. The predicted molar refractivity (Wildman–Crippen MR) is 167 cm³/mol. The molecule has 1 heterocycles. The second-order valence-corrected chi connectivity index (χ2v) is 10.4. The fourth-order valence-corrected chi connectivity index (χ4v) is 5.37. The molecular weight excluding hydrogens is 579 g/mol. The summed E-state index contributed by atoms with van der Waals surface area (Å²) in [7, 11) is 0. The molecule has 0 unspecified atom stereocenters. The Labute approximate surface area is 285 Å². The number of nitrogens with zero attached hydrogens (tertiary/aromatic N) is 3. The molecule has 4 aromatic rings. The zero-order valence-electron chi connectivity index (χ0n) is 26.1. The molecule has 0 aromatic heterocycles. The molecule has 9 nitrogen and oxygen atoms in total. The molecule has 45 heavy (non-hydrogen) atoms. The van der Waals surface area contributed by atoms with Crippen LogP contribution in [0.1, 0.15) is 34.5 Å². The van der Waals surface area contributed by atoms with Gasteiger partial charge in [0.05, 0.1) is 28.9 Å². The van der Waals surface area contributed by atoms with Crippen LogP contribution < -0.4 is 34.9 Å². The van der Waals surface area contributed by atoms with Gasteiger partial charge in [-0.2, -0.15) is 5.26 Å². The molecule has 224 valence electrons. The number of carboxylic acid groups (broad SMARTS) is 1. The van der Waals surface area contributed by atoms with Crippen LogP contribution in [0.4, 0.5) is 5.69 Å². The summed E-state index contributed by atoms with van der Waals surface area (Å²) < 4.78 is 5.42. The number of piperazine rings is 1. The number of hydrogen-bond donors (Lipinski definition) is 2. The monoisotopic (exact) mass is 612 g/mol. The van der Waals surface area contributed by atoms with Gasteiger partial charge in [0.25, 0.3) is 0 Å². The fourth-order valence-electron chi connectivity index (χ4n) is 5.37. The number of benzene rings is 4. The maximum absolute atomic E-state index is 12.9. The molecule has 1 fully saturated rings. The average molecular weight is 613 g/mol. The first-order valence-electron chi connectivity index (χ1n) is 14.3. The number of carboxylic acids is 1. The molecule has 10 heteroatoms. The molecule has 0 radical (unpaired) electrons. The van der Waals surface area contributed by atoms with E-state index in [-0.39, 0.29) is 60.8 Å². The van der Waals surface area contributed by atoms with E-state index in [0.29, 0.717) is 37.3 Å². The second kappa shape index (κ2) is 16.1. The zero-order chi connectivity index (χ0) is 30.9. The Kier molecular flexibility index (Phi) is 12.0. The smallest absolute Gasteiger partial charge is 1.00 e. The third-order valence-electron chi connectivity index (χ3n) is 7.59. The normalized spacial score (nSPS) is 13.0. The van der Waals surface area contributed by atoms with Gasteiger partial charge in [-0.3, -0.25) is 14.5 Å². The summed E-state index contributed by atoms with van der Waals surface area (Å²) >= 11 is 0. The van der Waals surface area contributed by atoms with E-state index in [4.69, 9.17) is 10.00 Å². The summed E-state index contributed by atoms with van der Waals surface area (Å²) in [6.45, 7) is 1.81. The first-order valence-corrected chi connectivity index (χ1v) is 14.3. The van der Waals surface area contributed by atoms with Crippen molar-refractivity contribution in [3.63, 3.8) is 0 Å². The van der Waals surface area contributed by atoms with Crippen LogP contribution in [0.15, 0.2) is 103 Å². The van der Waals surface area contributed by atoms with Crippen LogP contribution in [-0.2, 0) is 14.3 Å². The number of rotatable bonds is 10. The van der Waals surface area contributed by atoms with Gasteiger partial charge in [0.15, 0.2) is 0 Å². The quantitative estimate of drug-likeness (QED) is 0.263. The van der Waals surface area contributed by atoms with E-state index in [1.165, 1.54) is 23.3 Å². The molecule has 0 spiro atoms. The van der Waals surface area contributed by atoms with Crippen molar-refractivity contribution >= 4 is 23.5 Å². The first kappa shape index (κ1) is 33.6. The molecular formula is C35H33N4NaO5. The molecule has 0 saturated carbocycles. The van der Waals surface area contributed by atoms with Crippen LogP contribution >= 0.6 is 0 Å². The van der Waals surface area contributed by atoms with Gasteiger partial charge in [0.2, 0.25) is 11.8 Å². The van der Waals surface area contributed by atoms with E-state index in [2.05, 4.69) is 34.5 Å². The Morgan fingerprint density at radius 2 is 1.40 bits per heavy atom. The number of nitriles is 1. The van der Waals surface area contributed by atoms with Crippen molar-refractivity contribution in [3.8, 4) is 17.2 Å². The number of carbonyl (C=O) groups excluding carboxylic acids is 2. The summed E-state index contributed by atoms with van der Waals surface area (Å²) in [5.74, 6) is -1.97. The van der Waals surface area contributed by atoms with Crippen molar-refractivity contribution in [2.24, 2.45) is 0 Å².